The van der Waals surface area contributed by atoms with Crippen molar-refractivity contribution in [1.82, 2.24) is 0 Å². The predicted molar refractivity (Wildman–Crippen MR) is 136 cm³/mol. The van der Waals surface area contributed by atoms with Gasteiger partial charge in [-0.3, -0.25) is 4.79 Å². The molecular formula is C30H29NO2. The molecule has 0 spiro atoms. The molecule has 0 aromatic heterocycles. The summed E-state index contributed by atoms with van der Waals surface area (Å²) in [5, 5.41) is 0. The van der Waals surface area contributed by atoms with Crippen molar-refractivity contribution in [3.8, 4) is 11.1 Å². The van der Waals surface area contributed by atoms with Crippen molar-refractivity contribution in [3.05, 3.63) is 113 Å². The lowest BCUT2D eigenvalue weighted by Crippen LogP contribution is -2.11. The Bertz CT molecular complexity index is 1240. The number of hydrogen-bond donors (Lipinski definition) is 0. The zero-order chi connectivity index (χ0) is 23.4. The van der Waals surface area contributed by atoms with E-state index in [9.17, 15) is 4.79 Å². The molecule has 0 atom stereocenters. The summed E-state index contributed by atoms with van der Waals surface area (Å²) in [5.41, 5.74) is 10.4. The molecule has 4 aromatic carbocycles. The zero-order valence-corrected chi connectivity index (χ0v) is 19.6. The van der Waals surface area contributed by atoms with Gasteiger partial charge in [-0.1, -0.05) is 71.8 Å². The Morgan fingerprint density at radius 2 is 1.21 bits per heavy atom. The highest BCUT2D eigenvalue weighted by molar-refractivity contribution is 5.80. The lowest BCUT2D eigenvalue weighted by atomic mass is 10.0. The van der Waals surface area contributed by atoms with Crippen LogP contribution in [0, 0.1) is 20.8 Å². The molecule has 0 aliphatic heterocycles. The van der Waals surface area contributed by atoms with E-state index < -0.39 is 0 Å². The molecular weight excluding hydrogens is 406 g/mol. The first-order valence-corrected chi connectivity index (χ1v) is 11.2. The standard InChI is InChI=1S/C30H29NO2/c1-21-5-14-28(15-6-21)31(30-18-7-22(2)19-23(30)3)29-16-12-27(13-17-29)26-10-8-25(9-11-26)20-33-24(4)32/h5-19H,20H2,1-4H3. The van der Waals surface area contributed by atoms with E-state index >= 15 is 0 Å². The average molecular weight is 436 g/mol. The van der Waals surface area contributed by atoms with Crippen LogP contribution in [0.5, 0.6) is 0 Å². The van der Waals surface area contributed by atoms with Crippen LogP contribution >= 0.6 is 0 Å². The minimum absolute atomic E-state index is 0.267. The Kier molecular flexibility index (Phi) is 6.60. The maximum absolute atomic E-state index is 11.0. The van der Waals surface area contributed by atoms with Crippen molar-refractivity contribution in [2.24, 2.45) is 0 Å². The van der Waals surface area contributed by atoms with Crippen molar-refractivity contribution in [2.75, 3.05) is 4.90 Å². The number of carbonyl (C=O) groups excluding carboxylic acids is 1. The Morgan fingerprint density at radius 3 is 1.76 bits per heavy atom. The van der Waals surface area contributed by atoms with E-state index in [0.29, 0.717) is 6.61 Å². The quantitative estimate of drug-likeness (QED) is 0.289. The van der Waals surface area contributed by atoms with Gasteiger partial charge in [0, 0.05) is 24.0 Å². The summed E-state index contributed by atoms with van der Waals surface area (Å²) in [6.07, 6.45) is 0. The van der Waals surface area contributed by atoms with Crippen molar-refractivity contribution in [1.29, 1.82) is 0 Å². The SMILES string of the molecule is CC(=O)OCc1ccc(-c2ccc(N(c3ccc(C)cc3)c3ccc(C)cc3C)cc2)cc1. The molecule has 3 heteroatoms. The number of nitrogens with zero attached hydrogens (tertiary/aromatic N) is 1. The van der Waals surface area contributed by atoms with Crippen LogP contribution in [-0.4, -0.2) is 5.97 Å². The lowest BCUT2D eigenvalue weighted by molar-refractivity contribution is -0.142. The van der Waals surface area contributed by atoms with Gasteiger partial charge < -0.3 is 9.64 Å². The molecule has 0 aliphatic rings. The van der Waals surface area contributed by atoms with Crippen LogP contribution in [0.2, 0.25) is 0 Å². The highest BCUT2D eigenvalue weighted by Crippen LogP contribution is 2.37. The molecule has 166 valence electrons. The number of esters is 1. The largest absolute Gasteiger partial charge is 0.461 e. The molecule has 0 unspecified atom stereocenters. The van der Waals surface area contributed by atoms with Gasteiger partial charge in [0.2, 0.25) is 0 Å². The van der Waals surface area contributed by atoms with E-state index in [1.54, 1.807) is 0 Å². The maximum Gasteiger partial charge on any atom is 0.302 e. The van der Waals surface area contributed by atoms with E-state index in [1.165, 1.54) is 29.3 Å². The molecule has 0 radical (unpaired) electrons. The van der Waals surface area contributed by atoms with Crippen LogP contribution < -0.4 is 4.90 Å². The van der Waals surface area contributed by atoms with Crippen molar-refractivity contribution < 1.29 is 9.53 Å². The Hall–Kier alpha value is -3.85. The third-order valence-corrected chi connectivity index (χ3v) is 5.74. The highest BCUT2D eigenvalue weighted by Gasteiger charge is 2.15. The smallest absolute Gasteiger partial charge is 0.302 e. The summed E-state index contributed by atoms with van der Waals surface area (Å²) in [5.74, 6) is -0.267. The number of ether oxygens (including phenoxy) is 1. The monoisotopic (exact) mass is 435 g/mol. The van der Waals surface area contributed by atoms with Crippen LogP contribution in [0.3, 0.4) is 0 Å². The Balaban J connectivity index is 1.66. The second-order valence-electron chi connectivity index (χ2n) is 8.48. The topological polar surface area (TPSA) is 29.5 Å². The summed E-state index contributed by atoms with van der Waals surface area (Å²) < 4.78 is 5.08. The second kappa shape index (κ2) is 9.74. The summed E-state index contributed by atoms with van der Waals surface area (Å²) in [6.45, 7) is 8.12. The highest BCUT2D eigenvalue weighted by atomic mass is 16.5. The van der Waals surface area contributed by atoms with Crippen LogP contribution in [0.4, 0.5) is 17.1 Å². The molecule has 0 amide bonds. The number of anilines is 3. The molecule has 0 saturated heterocycles. The van der Waals surface area contributed by atoms with E-state index in [1.807, 2.05) is 12.1 Å². The molecule has 4 aromatic rings. The summed E-state index contributed by atoms with van der Waals surface area (Å²) in [7, 11) is 0. The lowest BCUT2D eigenvalue weighted by Gasteiger charge is -2.27. The minimum Gasteiger partial charge on any atom is -0.461 e. The van der Waals surface area contributed by atoms with Crippen molar-refractivity contribution >= 4 is 23.0 Å². The van der Waals surface area contributed by atoms with Gasteiger partial charge in [-0.05, 0) is 73.4 Å². The van der Waals surface area contributed by atoms with Gasteiger partial charge in [0.1, 0.15) is 6.61 Å². The van der Waals surface area contributed by atoms with Crippen molar-refractivity contribution in [3.63, 3.8) is 0 Å². The van der Waals surface area contributed by atoms with E-state index in [0.717, 1.165) is 28.1 Å². The van der Waals surface area contributed by atoms with E-state index in [4.69, 9.17) is 4.74 Å². The van der Waals surface area contributed by atoms with Gasteiger partial charge in [0.25, 0.3) is 0 Å². The first-order valence-electron chi connectivity index (χ1n) is 11.2. The van der Waals surface area contributed by atoms with Gasteiger partial charge in [-0.2, -0.15) is 0 Å². The number of rotatable bonds is 6. The minimum atomic E-state index is -0.267. The van der Waals surface area contributed by atoms with Gasteiger partial charge in [0.15, 0.2) is 0 Å². The van der Waals surface area contributed by atoms with Gasteiger partial charge >= 0.3 is 5.97 Å². The molecule has 4 rings (SSSR count). The number of carbonyl (C=O) groups is 1. The number of hydrogen-bond acceptors (Lipinski definition) is 3. The van der Waals surface area contributed by atoms with Crippen LogP contribution in [0.25, 0.3) is 11.1 Å². The summed E-state index contributed by atoms with van der Waals surface area (Å²) in [6, 6.07) is 32.0. The average Bonchev–Trinajstić information content (AvgIpc) is 2.81. The molecule has 0 aliphatic carbocycles. The summed E-state index contributed by atoms with van der Waals surface area (Å²) in [4.78, 5) is 13.3. The van der Waals surface area contributed by atoms with E-state index in [-0.39, 0.29) is 5.97 Å². The van der Waals surface area contributed by atoms with Gasteiger partial charge in [0.05, 0.1) is 0 Å². The molecule has 0 saturated carbocycles. The maximum atomic E-state index is 11.0. The fourth-order valence-electron chi connectivity index (χ4n) is 3.96. The van der Waals surface area contributed by atoms with Crippen LogP contribution in [-0.2, 0) is 16.1 Å². The van der Waals surface area contributed by atoms with Crippen molar-refractivity contribution in [2.45, 2.75) is 34.3 Å². The third kappa shape index (κ3) is 5.32. The molecule has 0 N–H and O–H groups in total. The number of benzene rings is 4. The first-order chi connectivity index (χ1) is 15.9. The normalized spacial score (nSPS) is 10.7. The van der Waals surface area contributed by atoms with Gasteiger partial charge in [-0.25, -0.2) is 0 Å². The molecule has 33 heavy (non-hydrogen) atoms. The molecule has 0 heterocycles. The molecule has 3 nitrogen and oxygen atoms in total. The fourth-order valence-corrected chi connectivity index (χ4v) is 3.96. The van der Waals surface area contributed by atoms with Crippen LogP contribution in [0.15, 0.2) is 91.0 Å². The van der Waals surface area contributed by atoms with Gasteiger partial charge in [-0.15, -0.1) is 0 Å². The third-order valence-electron chi connectivity index (χ3n) is 5.74. The fraction of sp³-hybridized carbons (Fsp3) is 0.167. The second-order valence-corrected chi connectivity index (χ2v) is 8.48. The Labute approximate surface area is 196 Å². The predicted octanol–water partition coefficient (Wildman–Crippen LogP) is 7.81. The number of aryl methyl sites for hydroxylation is 3. The molecule has 0 bridgehead atoms. The van der Waals surface area contributed by atoms with Crippen LogP contribution in [0.1, 0.15) is 29.2 Å². The molecule has 0 fully saturated rings. The van der Waals surface area contributed by atoms with E-state index in [2.05, 4.69) is 105 Å². The zero-order valence-electron chi connectivity index (χ0n) is 19.6. The first kappa shape index (κ1) is 22.3. The Morgan fingerprint density at radius 1 is 0.697 bits per heavy atom. The summed E-state index contributed by atoms with van der Waals surface area (Å²) >= 11 is 0.